The van der Waals surface area contributed by atoms with Gasteiger partial charge in [-0.2, -0.15) is 0 Å². The normalized spacial score (nSPS) is 11.2. The van der Waals surface area contributed by atoms with Gasteiger partial charge in [0.05, 0.1) is 11.9 Å². The molecule has 0 aliphatic heterocycles. The molecule has 6 nitrogen and oxygen atoms in total. The molecule has 0 saturated carbocycles. The first-order valence-corrected chi connectivity index (χ1v) is 10.2. The zero-order chi connectivity index (χ0) is 19.3. The molecule has 0 bridgehead atoms. The Hall–Kier alpha value is -2.41. The van der Waals surface area contributed by atoms with E-state index in [2.05, 4.69) is 4.98 Å². The Kier molecular flexibility index (Phi) is 6.37. The van der Waals surface area contributed by atoms with Crippen LogP contribution in [0.3, 0.4) is 0 Å². The van der Waals surface area contributed by atoms with Gasteiger partial charge in [-0.1, -0.05) is 6.07 Å². The fraction of sp³-hybridized carbons (Fsp3) is 0.368. The van der Waals surface area contributed by atoms with Crippen molar-refractivity contribution in [3.05, 3.63) is 59.4 Å². The summed E-state index contributed by atoms with van der Waals surface area (Å²) in [6.45, 7) is 4.10. The molecule has 0 saturated heterocycles. The highest BCUT2D eigenvalue weighted by Gasteiger charge is 2.23. The summed E-state index contributed by atoms with van der Waals surface area (Å²) in [5, 5.41) is 0. The molecule has 0 radical (unpaired) electrons. The highest BCUT2D eigenvalue weighted by atomic mass is 32.2. The van der Waals surface area contributed by atoms with Crippen molar-refractivity contribution in [1.82, 2.24) is 9.88 Å². The second kappa shape index (κ2) is 8.31. The third-order valence-electron chi connectivity index (χ3n) is 4.08. The fourth-order valence-corrected chi connectivity index (χ4v) is 3.54. The average molecular weight is 375 g/mol. The minimum Gasteiger partial charge on any atom is -0.344 e. The van der Waals surface area contributed by atoms with Crippen molar-refractivity contribution in [3.63, 3.8) is 0 Å². The molecule has 2 rings (SSSR count). The number of carbonyl (C=O) groups excluding carboxylic acids is 1. The van der Waals surface area contributed by atoms with Crippen LogP contribution >= 0.6 is 0 Å². The van der Waals surface area contributed by atoms with Crippen LogP contribution in [-0.4, -0.2) is 50.6 Å². The zero-order valence-corrected chi connectivity index (χ0v) is 16.5. The Morgan fingerprint density at radius 2 is 1.65 bits per heavy atom. The molecule has 0 N–H and O–H groups in total. The molecule has 2 aromatic rings. The standard InChI is InChI=1S/C19H25N3O3S/c1-15-11-16(2)13-18(12-15)22(26(4,24)25)14-19(23)21(3)10-7-17-5-8-20-9-6-17/h5-6,8-9,11-13H,7,10,14H2,1-4H3. The Balaban J connectivity index is 2.11. The summed E-state index contributed by atoms with van der Waals surface area (Å²) in [6, 6.07) is 9.32. The Morgan fingerprint density at radius 1 is 1.08 bits per heavy atom. The molecule has 0 atom stereocenters. The summed E-state index contributed by atoms with van der Waals surface area (Å²) >= 11 is 0. The third kappa shape index (κ3) is 5.56. The van der Waals surface area contributed by atoms with Crippen LogP contribution in [0.25, 0.3) is 0 Å². The lowest BCUT2D eigenvalue weighted by Crippen LogP contribution is -2.41. The second-order valence-electron chi connectivity index (χ2n) is 6.54. The predicted molar refractivity (Wildman–Crippen MR) is 104 cm³/mol. The van der Waals surface area contributed by atoms with Crippen molar-refractivity contribution in [3.8, 4) is 0 Å². The van der Waals surface area contributed by atoms with Gasteiger partial charge in [-0.3, -0.25) is 14.1 Å². The molecule has 0 aliphatic rings. The zero-order valence-electron chi connectivity index (χ0n) is 15.6. The number of hydrogen-bond acceptors (Lipinski definition) is 4. The number of aromatic nitrogens is 1. The number of pyridine rings is 1. The Bertz CT molecular complexity index is 847. The van der Waals surface area contributed by atoms with E-state index in [1.54, 1.807) is 36.5 Å². The molecular weight excluding hydrogens is 350 g/mol. The number of amides is 1. The van der Waals surface area contributed by atoms with Gasteiger partial charge < -0.3 is 4.90 Å². The quantitative estimate of drug-likeness (QED) is 0.744. The van der Waals surface area contributed by atoms with E-state index >= 15 is 0 Å². The minimum atomic E-state index is -3.57. The molecule has 1 amide bonds. The van der Waals surface area contributed by atoms with E-state index < -0.39 is 10.0 Å². The lowest BCUT2D eigenvalue weighted by atomic mass is 10.1. The molecule has 0 fully saturated rings. The maximum Gasteiger partial charge on any atom is 0.243 e. The van der Waals surface area contributed by atoms with E-state index in [0.717, 1.165) is 27.3 Å². The largest absolute Gasteiger partial charge is 0.344 e. The second-order valence-corrected chi connectivity index (χ2v) is 8.44. The number of likely N-dealkylation sites (N-methyl/N-ethyl adjacent to an activating group) is 1. The molecular formula is C19H25N3O3S. The van der Waals surface area contributed by atoms with Gasteiger partial charge in [0.2, 0.25) is 15.9 Å². The number of aryl methyl sites for hydroxylation is 2. The number of benzene rings is 1. The summed E-state index contributed by atoms with van der Waals surface area (Å²) in [5.74, 6) is -0.247. The monoisotopic (exact) mass is 375 g/mol. The van der Waals surface area contributed by atoms with Crippen molar-refractivity contribution in [2.75, 3.05) is 30.7 Å². The maximum absolute atomic E-state index is 12.6. The molecule has 0 spiro atoms. The van der Waals surface area contributed by atoms with Gasteiger partial charge in [0.25, 0.3) is 0 Å². The lowest BCUT2D eigenvalue weighted by Gasteiger charge is -2.25. The third-order valence-corrected chi connectivity index (χ3v) is 5.23. The van der Waals surface area contributed by atoms with E-state index in [0.29, 0.717) is 18.7 Å². The van der Waals surface area contributed by atoms with E-state index in [9.17, 15) is 13.2 Å². The number of carbonyl (C=O) groups is 1. The van der Waals surface area contributed by atoms with E-state index in [4.69, 9.17) is 0 Å². The first-order valence-electron chi connectivity index (χ1n) is 8.35. The highest BCUT2D eigenvalue weighted by molar-refractivity contribution is 7.92. The molecule has 7 heteroatoms. The van der Waals surface area contributed by atoms with Gasteiger partial charge >= 0.3 is 0 Å². The van der Waals surface area contributed by atoms with Crippen LogP contribution in [0.1, 0.15) is 16.7 Å². The molecule has 1 aromatic heterocycles. The van der Waals surface area contributed by atoms with Crippen LogP contribution in [0.15, 0.2) is 42.7 Å². The van der Waals surface area contributed by atoms with Gasteiger partial charge in [0, 0.05) is 26.0 Å². The first kappa shape index (κ1) is 19.9. The summed E-state index contributed by atoms with van der Waals surface area (Å²) in [6.07, 6.45) is 5.23. The van der Waals surface area contributed by atoms with Crippen molar-refractivity contribution in [2.24, 2.45) is 0 Å². The van der Waals surface area contributed by atoms with Crippen molar-refractivity contribution < 1.29 is 13.2 Å². The molecule has 140 valence electrons. The molecule has 0 aliphatic carbocycles. The minimum absolute atomic E-state index is 0.214. The summed E-state index contributed by atoms with van der Waals surface area (Å²) in [7, 11) is -1.88. The number of sulfonamides is 1. The van der Waals surface area contributed by atoms with E-state index in [1.807, 2.05) is 32.0 Å². The van der Waals surface area contributed by atoms with Crippen LogP contribution in [0, 0.1) is 13.8 Å². The molecule has 1 heterocycles. The van der Waals surface area contributed by atoms with Crippen LogP contribution in [-0.2, 0) is 21.2 Å². The average Bonchev–Trinajstić information content (AvgIpc) is 2.56. The summed E-state index contributed by atoms with van der Waals surface area (Å²) in [5.41, 5.74) is 3.49. The van der Waals surface area contributed by atoms with E-state index in [1.165, 1.54) is 0 Å². The van der Waals surface area contributed by atoms with Gasteiger partial charge in [-0.25, -0.2) is 8.42 Å². The van der Waals surface area contributed by atoms with Crippen molar-refractivity contribution in [1.29, 1.82) is 0 Å². The number of rotatable bonds is 7. The Labute approximate surface area is 155 Å². The maximum atomic E-state index is 12.6. The fourth-order valence-electron chi connectivity index (χ4n) is 2.71. The van der Waals surface area contributed by atoms with E-state index in [-0.39, 0.29) is 12.5 Å². The molecule has 26 heavy (non-hydrogen) atoms. The van der Waals surface area contributed by atoms with Gasteiger partial charge in [-0.15, -0.1) is 0 Å². The molecule has 1 aromatic carbocycles. The lowest BCUT2D eigenvalue weighted by molar-refractivity contribution is -0.128. The Morgan fingerprint density at radius 3 is 2.19 bits per heavy atom. The SMILES string of the molecule is Cc1cc(C)cc(N(CC(=O)N(C)CCc2ccncc2)S(C)(=O)=O)c1. The van der Waals surface area contributed by atoms with Crippen LogP contribution < -0.4 is 4.31 Å². The summed E-state index contributed by atoms with van der Waals surface area (Å²) in [4.78, 5) is 18.1. The van der Waals surface area contributed by atoms with Gasteiger partial charge in [0.15, 0.2) is 0 Å². The van der Waals surface area contributed by atoms with Gasteiger partial charge in [-0.05, 0) is 61.2 Å². The first-order chi connectivity index (χ1) is 12.2. The topological polar surface area (TPSA) is 70.6 Å². The highest BCUT2D eigenvalue weighted by Crippen LogP contribution is 2.21. The smallest absolute Gasteiger partial charge is 0.243 e. The van der Waals surface area contributed by atoms with Crippen molar-refractivity contribution >= 4 is 21.6 Å². The van der Waals surface area contributed by atoms with Crippen LogP contribution in [0.5, 0.6) is 0 Å². The number of nitrogens with zero attached hydrogens (tertiary/aromatic N) is 3. The van der Waals surface area contributed by atoms with Crippen LogP contribution in [0.2, 0.25) is 0 Å². The van der Waals surface area contributed by atoms with Gasteiger partial charge in [0.1, 0.15) is 6.54 Å². The van der Waals surface area contributed by atoms with Crippen molar-refractivity contribution in [2.45, 2.75) is 20.3 Å². The predicted octanol–water partition coefficient (Wildman–Crippen LogP) is 2.17. The molecule has 0 unspecified atom stereocenters. The van der Waals surface area contributed by atoms with Crippen LogP contribution in [0.4, 0.5) is 5.69 Å². The number of hydrogen-bond donors (Lipinski definition) is 0. The number of anilines is 1. The summed E-state index contributed by atoms with van der Waals surface area (Å²) < 4.78 is 25.6.